The van der Waals surface area contributed by atoms with E-state index in [4.69, 9.17) is 14.2 Å². The topological polar surface area (TPSA) is 280 Å². The summed E-state index contributed by atoms with van der Waals surface area (Å²) in [5, 5.41) is 19.7. The van der Waals surface area contributed by atoms with Crippen LogP contribution in [0.5, 0.6) is 11.5 Å². The number of hydrogen-bond donors (Lipinski definition) is 5. The number of benzene rings is 6. The molecule has 0 spiro atoms. The number of amides is 6. The van der Waals surface area contributed by atoms with Crippen LogP contribution in [0, 0.1) is 0 Å². The maximum atomic E-state index is 13.2. The van der Waals surface area contributed by atoms with Gasteiger partial charge in [-0.1, -0.05) is 84.9 Å². The number of esters is 1. The Morgan fingerprint density at radius 1 is 0.481 bits per heavy atom. The number of anilines is 2. The number of methoxy groups -OCH3 is 1. The van der Waals surface area contributed by atoms with Crippen molar-refractivity contribution < 1.29 is 64.9 Å². The Balaban J connectivity index is 0.000000234. The summed E-state index contributed by atoms with van der Waals surface area (Å²) in [6.45, 7) is 5.40. The number of hydrogen-bond acceptors (Lipinski definition) is 15. The molecule has 0 aliphatic carbocycles. The molecule has 6 aromatic rings. The molecule has 22 nitrogen and oxygen atoms in total. The molecule has 6 aromatic carbocycles. The van der Waals surface area contributed by atoms with Crippen molar-refractivity contribution in [3.05, 3.63) is 169 Å². The van der Waals surface area contributed by atoms with Gasteiger partial charge in [-0.2, -0.15) is 0 Å². The van der Waals surface area contributed by atoms with Gasteiger partial charge in [0.25, 0.3) is 0 Å². The second kappa shape index (κ2) is 27.8. The van der Waals surface area contributed by atoms with Gasteiger partial charge in [0.2, 0.25) is 19.7 Å². The zero-order chi connectivity index (χ0) is 58.1. The van der Waals surface area contributed by atoms with Gasteiger partial charge in [-0.05, 0) is 98.0 Å². The number of ether oxygens (including phenoxy) is 3. The van der Waals surface area contributed by atoms with E-state index in [2.05, 4.69) is 31.1 Å². The van der Waals surface area contributed by atoms with Crippen molar-refractivity contribution in [1.82, 2.24) is 30.2 Å². The van der Waals surface area contributed by atoms with Crippen molar-refractivity contribution in [1.29, 1.82) is 0 Å². The summed E-state index contributed by atoms with van der Waals surface area (Å²) in [5.74, 6) is -1.28. The average Bonchev–Trinajstić information content (AvgIpc) is 3.61. The molecular weight excluding hydrogens is 1080 g/mol. The van der Waals surface area contributed by atoms with E-state index >= 15 is 0 Å². The lowest BCUT2D eigenvalue weighted by Gasteiger charge is -2.31. The first-order valence-corrected chi connectivity index (χ1v) is 28.5. The number of carboxylic acid groups (broad SMARTS) is 1. The summed E-state index contributed by atoms with van der Waals surface area (Å²) in [5.41, 5.74) is 1.33. The molecule has 2 heterocycles. The first kappa shape index (κ1) is 59.8. The normalized spacial score (nSPS) is 14.6. The molecule has 6 amide bonds. The third-order valence-electron chi connectivity index (χ3n) is 13.0. The van der Waals surface area contributed by atoms with E-state index in [9.17, 15) is 50.7 Å². The van der Waals surface area contributed by atoms with Crippen LogP contribution in [0.2, 0.25) is 0 Å². The van der Waals surface area contributed by atoms with Gasteiger partial charge in [-0.25, -0.2) is 45.6 Å². The van der Waals surface area contributed by atoms with Crippen LogP contribution in [0.15, 0.2) is 177 Å². The molecule has 2 atom stereocenters. The zero-order valence-corrected chi connectivity index (χ0v) is 46.2. The predicted octanol–water partition coefficient (Wildman–Crippen LogP) is 6.25. The fraction of sp³-hybridized carbons (Fsp3) is 0.263. The highest BCUT2D eigenvalue weighted by atomic mass is 32.2. The molecule has 0 aromatic heterocycles. The smallest absolute Gasteiger partial charge is 0.415 e. The number of carbonyl (C=O) groups excluding carboxylic acids is 5. The van der Waals surface area contributed by atoms with Crippen molar-refractivity contribution >= 4 is 67.2 Å². The summed E-state index contributed by atoms with van der Waals surface area (Å²) < 4.78 is 68.3. The monoisotopic (exact) mass is 1150 g/mol. The third-order valence-corrected chi connectivity index (χ3v) is 16.7. The minimum absolute atomic E-state index is 0.0134. The molecule has 2 fully saturated rings. The Morgan fingerprint density at radius 3 is 1.20 bits per heavy atom. The van der Waals surface area contributed by atoms with E-state index in [-0.39, 0.29) is 43.8 Å². The molecule has 81 heavy (non-hydrogen) atoms. The van der Waals surface area contributed by atoms with E-state index in [1.807, 2.05) is 14.1 Å². The number of nitrogens with zero attached hydrogens (tertiary/aromatic N) is 4. The third kappa shape index (κ3) is 16.6. The Morgan fingerprint density at radius 2 is 0.827 bits per heavy atom. The number of likely N-dealkylation sites (N-methyl/N-ethyl adjacent to an activating group) is 2. The standard InChI is InChI=1S/C29H32N4O7S.C28H30N4O7S/c1-32-16-18-33(19-17-32)29(36)40-22-14-12-21(13-15-22)20-25(27(34)39-2)31-28(35)30-24-10-6-7-11-26(24)41(37,38)23-8-4-3-5-9-23;1-31-15-17-32(18-16-31)28(36)39-21-13-11-20(12-14-21)19-24(26(33)34)30-27(35)29-23-9-5-6-10-25(23)40(37,38)22-7-3-2-4-8-22/h3-15,25H,16-20H2,1-2H3,(H2,30,31,35);2-14,24H,15-19H2,1H3,(H,33,34)(H2,29,30,35)/t25-;24-/m00/s1. The number of rotatable bonds is 16. The van der Waals surface area contributed by atoms with Gasteiger partial charge in [0.05, 0.1) is 38.1 Å². The lowest BCUT2D eigenvalue weighted by Crippen LogP contribution is -2.48. The molecule has 0 unspecified atom stereocenters. The highest BCUT2D eigenvalue weighted by Gasteiger charge is 2.28. The number of sulfone groups is 2. The molecule has 5 N–H and O–H groups in total. The molecule has 0 saturated carbocycles. The maximum Gasteiger partial charge on any atom is 0.415 e. The Hall–Kier alpha value is -8.84. The number of aliphatic carboxylic acids is 1. The van der Waals surface area contributed by atoms with Gasteiger partial charge in [0.15, 0.2) is 0 Å². The zero-order valence-electron chi connectivity index (χ0n) is 44.6. The van der Waals surface area contributed by atoms with Crippen LogP contribution >= 0.6 is 0 Å². The van der Waals surface area contributed by atoms with Gasteiger partial charge >= 0.3 is 36.2 Å². The molecular formula is C57H62N8O14S2. The van der Waals surface area contributed by atoms with Crippen LogP contribution < -0.4 is 30.7 Å². The van der Waals surface area contributed by atoms with Crippen molar-refractivity contribution in [2.75, 3.05) is 84.2 Å². The summed E-state index contributed by atoms with van der Waals surface area (Å²) in [7, 11) is -2.65. The van der Waals surface area contributed by atoms with Crippen molar-refractivity contribution in [2.24, 2.45) is 0 Å². The van der Waals surface area contributed by atoms with Crippen molar-refractivity contribution in [3.63, 3.8) is 0 Å². The second-order valence-electron chi connectivity index (χ2n) is 18.8. The highest BCUT2D eigenvalue weighted by Crippen LogP contribution is 2.29. The van der Waals surface area contributed by atoms with Crippen LogP contribution in [0.4, 0.5) is 30.6 Å². The Labute approximate surface area is 469 Å². The highest BCUT2D eigenvalue weighted by molar-refractivity contribution is 7.92. The molecule has 0 radical (unpaired) electrons. The molecule has 0 bridgehead atoms. The van der Waals surface area contributed by atoms with Crippen molar-refractivity contribution in [2.45, 2.75) is 44.5 Å². The number of nitrogens with one attached hydrogen (secondary N) is 4. The molecule has 2 aliphatic heterocycles. The van der Waals surface area contributed by atoms with E-state index in [0.717, 1.165) is 26.2 Å². The largest absolute Gasteiger partial charge is 0.480 e. The van der Waals surface area contributed by atoms with Crippen LogP contribution in [0.25, 0.3) is 0 Å². The molecule has 2 aliphatic rings. The SMILES string of the molecule is CN1CCN(C(=O)Oc2ccc(C[C@H](NC(=O)Nc3ccccc3S(=O)(=O)c3ccccc3)C(=O)O)cc2)CC1.COC(=O)[C@H](Cc1ccc(OC(=O)N2CCN(C)CC2)cc1)NC(=O)Nc1ccccc1S(=O)(=O)c1ccccc1. The number of para-hydroxylation sites is 2. The Bertz CT molecular complexity index is 3380. The number of urea groups is 2. The van der Waals surface area contributed by atoms with Gasteiger partial charge in [0, 0.05) is 65.2 Å². The molecule has 2 saturated heterocycles. The molecule has 8 rings (SSSR count). The second-order valence-corrected chi connectivity index (χ2v) is 22.6. The van der Waals surface area contributed by atoms with E-state index in [0.29, 0.717) is 48.8 Å². The van der Waals surface area contributed by atoms with Gasteiger partial charge in [-0.3, -0.25) is 0 Å². The van der Waals surface area contributed by atoms with Crippen LogP contribution in [-0.2, 0) is 46.8 Å². The number of carboxylic acids is 1. The van der Waals surface area contributed by atoms with Gasteiger partial charge < -0.3 is 60.2 Å². The summed E-state index contributed by atoms with van der Waals surface area (Å²) in [6, 6.07) is 36.5. The quantitative estimate of drug-likeness (QED) is 0.0669. The lowest BCUT2D eigenvalue weighted by atomic mass is 10.1. The van der Waals surface area contributed by atoms with Crippen molar-refractivity contribution in [3.8, 4) is 11.5 Å². The van der Waals surface area contributed by atoms with Crippen LogP contribution in [0.3, 0.4) is 0 Å². The Kier molecular flexibility index (Phi) is 20.6. The average molecular weight is 1150 g/mol. The lowest BCUT2D eigenvalue weighted by molar-refractivity contribution is -0.143. The number of piperazine rings is 2. The van der Waals surface area contributed by atoms with E-state index < -0.39 is 67.9 Å². The van der Waals surface area contributed by atoms with Crippen LogP contribution in [-0.4, -0.2) is 163 Å². The van der Waals surface area contributed by atoms with Crippen LogP contribution in [0.1, 0.15) is 11.1 Å². The van der Waals surface area contributed by atoms with E-state index in [1.165, 1.54) is 61.7 Å². The maximum absolute atomic E-state index is 13.2. The minimum Gasteiger partial charge on any atom is -0.480 e. The van der Waals surface area contributed by atoms with E-state index in [1.54, 1.807) is 113 Å². The first-order valence-electron chi connectivity index (χ1n) is 25.5. The minimum atomic E-state index is -3.93. The summed E-state index contributed by atoms with van der Waals surface area (Å²) >= 11 is 0. The van der Waals surface area contributed by atoms with Gasteiger partial charge in [0.1, 0.15) is 23.6 Å². The summed E-state index contributed by atoms with van der Waals surface area (Å²) in [4.78, 5) is 82.3. The molecule has 24 heteroatoms. The fourth-order valence-corrected chi connectivity index (χ4v) is 11.3. The first-order chi connectivity index (χ1) is 38.8. The number of carbonyl (C=O) groups is 6. The molecule has 426 valence electrons. The summed E-state index contributed by atoms with van der Waals surface area (Å²) in [6.07, 6.45) is -0.848. The predicted molar refractivity (Wildman–Crippen MR) is 299 cm³/mol. The fourth-order valence-electron chi connectivity index (χ4n) is 8.40. The van der Waals surface area contributed by atoms with Gasteiger partial charge in [-0.15, -0.1) is 0 Å².